The van der Waals surface area contributed by atoms with Crippen molar-refractivity contribution in [1.29, 1.82) is 0 Å². The zero-order valence-electron chi connectivity index (χ0n) is 32.8. The highest BCUT2D eigenvalue weighted by Crippen LogP contribution is 2.13. The third kappa shape index (κ3) is 31.5. The highest BCUT2D eigenvalue weighted by atomic mass is 16.6. The first-order valence-electron chi connectivity index (χ1n) is 20.1. The number of hydrogen-bond donors (Lipinski definition) is 1. The Balaban J connectivity index is 4.40. The number of unbranched alkanes of at least 4 members (excludes halogenated alkanes) is 17. The van der Waals surface area contributed by atoms with Gasteiger partial charge < -0.3 is 23.8 Å². The van der Waals surface area contributed by atoms with Crippen LogP contribution in [0.4, 0.5) is 0 Å². The Morgan fingerprint density at radius 1 is 0.600 bits per heavy atom. The molecule has 50 heavy (non-hydrogen) atoms. The van der Waals surface area contributed by atoms with Crippen molar-refractivity contribution in [3.63, 3.8) is 0 Å². The zero-order valence-corrected chi connectivity index (χ0v) is 32.8. The van der Waals surface area contributed by atoms with E-state index in [0.29, 0.717) is 19.3 Å². The monoisotopic (exact) mass is 707 g/mol. The number of aliphatic carboxylic acids is 1. The molecule has 0 amide bonds. The molecule has 1 N–H and O–H groups in total. The van der Waals surface area contributed by atoms with Crippen LogP contribution in [0.5, 0.6) is 0 Å². The molecular formula is C42H76NO7+. The minimum atomic E-state index is -0.880. The number of carbonyl (C=O) groups excluding carboxylic acids is 2. The third-order valence-corrected chi connectivity index (χ3v) is 8.85. The van der Waals surface area contributed by atoms with E-state index in [1.807, 2.05) is 21.1 Å². The summed E-state index contributed by atoms with van der Waals surface area (Å²) < 4.78 is 17.2. The molecule has 0 aliphatic carbocycles. The lowest BCUT2D eigenvalue weighted by molar-refractivity contribution is -0.887. The van der Waals surface area contributed by atoms with Crippen molar-refractivity contribution in [2.24, 2.45) is 0 Å². The van der Waals surface area contributed by atoms with E-state index in [1.165, 1.54) is 64.2 Å². The Labute approximate surface area is 306 Å². The number of quaternary nitrogens is 1. The molecule has 0 aromatic heterocycles. The third-order valence-electron chi connectivity index (χ3n) is 8.85. The Hall–Kier alpha value is -2.45. The van der Waals surface area contributed by atoms with Gasteiger partial charge in [0.15, 0.2) is 12.1 Å². The molecule has 0 saturated heterocycles. The van der Waals surface area contributed by atoms with Crippen molar-refractivity contribution in [2.45, 2.75) is 174 Å². The largest absolute Gasteiger partial charge is 0.477 e. The average Bonchev–Trinajstić information content (AvgIpc) is 3.06. The summed E-state index contributed by atoms with van der Waals surface area (Å²) in [5, 5.41) is 9.58. The van der Waals surface area contributed by atoms with Crippen molar-refractivity contribution < 1.29 is 38.2 Å². The molecule has 0 aliphatic rings. The molecule has 0 saturated carbocycles. The SMILES string of the molecule is CCCCCCC/C=C/C=C/C=C/CCCCCCCC(=O)OC(COCCC(C(=O)O)[N+](C)(C)C)COC(=O)CCCCCCCCCC. The minimum absolute atomic E-state index is 0.0539. The van der Waals surface area contributed by atoms with Crippen LogP contribution in [-0.4, -0.2) is 80.6 Å². The molecule has 0 aliphatic heterocycles. The summed E-state index contributed by atoms with van der Waals surface area (Å²) >= 11 is 0. The Morgan fingerprint density at radius 2 is 1.06 bits per heavy atom. The van der Waals surface area contributed by atoms with Gasteiger partial charge in [-0.1, -0.05) is 140 Å². The van der Waals surface area contributed by atoms with Gasteiger partial charge in [-0.05, 0) is 38.5 Å². The number of allylic oxidation sites excluding steroid dienone is 6. The van der Waals surface area contributed by atoms with Crippen molar-refractivity contribution in [3.8, 4) is 0 Å². The molecule has 0 heterocycles. The van der Waals surface area contributed by atoms with Crippen LogP contribution in [0.1, 0.15) is 162 Å². The first-order valence-corrected chi connectivity index (χ1v) is 20.1. The number of rotatable bonds is 35. The van der Waals surface area contributed by atoms with E-state index in [9.17, 15) is 19.5 Å². The Bertz CT molecular complexity index is 922. The molecule has 8 nitrogen and oxygen atoms in total. The van der Waals surface area contributed by atoms with Gasteiger partial charge in [-0.2, -0.15) is 0 Å². The fraction of sp³-hybridized carbons (Fsp3) is 0.786. The van der Waals surface area contributed by atoms with Crippen LogP contribution in [0.25, 0.3) is 0 Å². The highest BCUT2D eigenvalue weighted by Gasteiger charge is 2.31. The number of esters is 2. The van der Waals surface area contributed by atoms with E-state index in [0.717, 1.165) is 64.2 Å². The van der Waals surface area contributed by atoms with Gasteiger partial charge in [-0.15, -0.1) is 0 Å². The smallest absolute Gasteiger partial charge is 0.362 e. The van der Waals surface area contributed by atoms with Gasteiger partial charge >= 0.3 is 17.9 Å². The number of ether oxygens (including phenoxy) is 3. The maximum Gasteiger partial charge on any atom is 0.362 e. The number of likely N-dealkylation sites (N-methyl/N-ethyl adjacent to an activating group) is 1. The summed E-state index contributed by atoms with van der Waals surface area (Å²) in [6.07, 6.45) is 36.2. The topological polar surface area (TPSA) is 99.1 Å². The van der Waals surface area contributed by atoms with Crippen molar-refractivity contribution in [3.05, 3.63) is 36.5 Å². The van der Waals surface area contributed by atoms with Crippen LogP contribution < -0.4 is 0 Å². The van der Waals surface area contributed by atoms with Crippen LogP contribution >= 0.6 is 0 Å². The molecule has 0 bridgehead atoms. The second-order valence-electron chi connectivity index (χ2n) is 14.6. The summed E-state index contributed by atoms with van der Waals surface area (Å²) in [5.74, 6) is -1.50. The van der Waals surface area contributed by atoms with Crippen molar-refractivity contribution in [2.75, 3.05) is 41.0 Å². The van der Waals surface area contributed by atoms with E-state index in [-0.39, 0.29) is 36.2 Å². The summed E-state index contributed by atoms with van der Waals surface area (Å²) in [7, 11) is 5.51. The molecule has 0 aromatic rings. The lowest BCUT2D eigenvalue weighted by Gasteiger charge is -2.31. The maximum atomic E-state index is 12.7. The summed E-state index contributed by atoms with van der Waals surface area (Å²) in [5.41, 5.74) is 0. The molecule has 290 valence electrons. The van der Waals surface area contributed by atoms with E-state index < -0.39 is 18.1 Å². The van der Waals surface area contributed by atoms with Crippen LogP contribution in [0.15, 0.2) is 36.5 Å². The number of hydrogen-bond acceptors (Lipinski definition) is 6. The predicted molar refractivity (Wildman–Crippen MR) is 206 cm³/mol. The first kappa shape index (κ1) is 47.5. The Kier molecular flexibility index (Phi) is 32.0. The maximum absolute atomic E-state index is 12.7. The molecule has 0 fully saturated rings. The second-order valence-corrected chi connectivity index (χ2v) is 14.6. The lowest BCUT2D eigenvalue weighted by atomic mass is 10.1. The van der Waals surface area contributed by atoms with Gasteiger partial charge in [0.25, 0.3) is 0 Å². The van der Waals surface area contributed by atoms with Gasteiger partial charge in [0.05, 0.1) is 34.4 Å². The van der Waals surface area contributed by atoms with E-state index in [1.54, 1.807) is 0 Å². The molecular weight excluding hydrogens is 630 g/mol. The number of carboxylic acid groups (broad SMARTS) is 1. The van der Waals surface area contributed by atoms with Gasteiger partial charge in [-0.3, -0.25) is 9.59 Å². The molecule has 0 radical (unpaired) electrons. The predicted octanol–water partition coefficient (Wildman–Crippen LogP) is 10.3. The van der Waals surface area contributed by atoms with Gasteiger partial charge in [0, 0.05) is 19.3 Å². The number of carbonyl (C=O) groups is 3. The van der Waals surface area contributed by atoms with E-state index in [2.05, 4.69) is 50.3 Å². The fourth-order valence-corrected chi connectivity index (χ4v) is 5.68. The van der Waals surface area contributed by atoms with Crippen molar-refractivity contribution in [1.82, 2.24) is 0 Å². The number of nitrogens with zero attached hydrogens (tertiary/aromatic N) is 1. The molecule has 8 heteroatoms. The van der Waals surface area contributed by atoms with Gasteiger partial charge in [0.2, 0.25) is 0 Å². The standard InChI is InChI=1S/C42H75NO7/c1-6-8-10-12-14-16-17-18-19-20-21-22-23-24-25-27-29-31-33-41(45)50-38(36-48-35-34-39(42(46)47)43(3,4)5)37-49-40(44)32-30-28-26-15-13-11-9-7-2/h17-22,38-39H,6-16,23-37H2,1-5H3/p+1/b18-17+,20-19+,22-21+. The van der Waals surface area contributed by atoms with Gasteiger partial charge in [-0.25, -0.2) is 4.79 Å². The van der Waals surface area contributed by atoms with Crippen LogP contribution in [0.3, 0.4) is 0 Å². The zero-order chi connectivity index (χ0) is 37.1. The second kappa shape index (κ2) is 33.7. The highest BCUT2D eigenvalue weighted by molar-refractivity contribution is 5.72. The van der Waals surface area contributed by atoms with Crippen LogP contribution in [0, 0.1) is 0 Å². The number of carboxylic acids is 1. The minimum Gasteiger partial charge on any atom is -0.477 e. The lowest BCUT2D eigenvalue weighted by Crippen LogP contribution is -2.50. The molecule has 0 aromatic carbocycles. The molecule has 0 rings (SSSR count). The van der Waals surface area contributed by atoms with E-state index >= 15 is 0 Å². The summed E-state index contributed by atoms with van der Waals surface area (Å²) in [6.45, 7) is 4.66. The average molecular weight is 707 g/mol. The first-order chi connectivity index (χ1) is 24.1. The quantitative estimate of drug-likeness (QED) is 0.0303. The van der Waals surface area contributed by atoms with Gasteiger partial charge in [0.1, 0.15) is 6.61 Å². The molecule has 2 atom stereocenters. The van der Waals surface area contributed by atoms with Crippen LogP contribution in [0.2, 0.25) is 0 Å². The van der Waals surface area contributed by atoms with Crippen LogP contribution in [-0.2, 0) is 28.6 Å². The summed E-state index contributed by atoms with van der Waals surface area (Å²) in [6, 6.07) is -0.615. The van der Waals surface area contributed by atoms with Crippen molar-refractivity contribution >= 4 is 17.9 Å². The summed E-state index contributed by atoms with van der Waals surface area (Å²) in [4.78, 5) is 36.7. The molecule has 2 unspecified atom stereocenters. The fourth-order valence-electron chi connectivity index (χ4n) is 5.68. The Morgan fingerprint density at radius 3 is 1.54 bits per heavy atom. The molecule has 0 spiro atoms. The van der Waals surface area contributed by atoms with E-state index in [4.69, 9.17) is 14.2 Å². The normalized spacial score (nSPS) is 13.4.